The third-order valence-electron chi connectivity index (χ3n) is 4.05. The molecule has 0 amide bonds. The molecule has 3 heterocycles. The highest BCUT2D eigenvalue weighted by Gasteiger charge is 2.40. The van der Waals surface area contributed by atoms with Gasteiger partial charge in [-0.15, -0.1) is 0 Å². The molecule has 1 saturated heterocycles. The Bertz CT molecular complexity index is 622. The zero-order chi connectivity index (χ0) is 14.8. The minimum Gasteiger partial charge on any atom is -0.352 e. The van der Waals surface area contributed by atoms with Gasteiger partial charge < -0.3 is 14.8 Å². The first-order chi connectivity index (χ1) is 10.3. The van der Waals surface area contributed by atoms with Crippen molar-refractivity contribution in [2.24, 2.45) is 0 Å². The van der Waals surface area contributed by atoms with Crippen molar-refractivity contribution in [3.8, 4) is 0 Å². The van der Waals surface area contributed by atoms with Crippen LogP contribution in [-0.2, 0) is 6.54 Å². The number of rotatable bonds is 4. The fourth-order valence-corrected chi connectivity index (χ4v) is 3.42. The molecular weight excluding hydrogens is 280 g/mol. The minimum absolute atomic E-state index is 0.0962. The highest BCUT2D eigenvalue weighted by Crippen LogP contribution is 2.38. The van der Waals surface area contributed by atoms with Gasteiger partial charge in [0.05, 0.1) is 17.8 Å². The summed E-state index contributed by atoms with van der Waals surface area (Å²) >= 11 is 5.52. The first-order valence-corrected chi connectivity index (χ1v) is 7.80. The Kier molecular flexibility index (Phi) is 3.92. The molecule has 2 aromatic heterocycles. The van der Waals surface area contributed by atoms with E-state index in [2.05, 4.69) is 58.0 Å². The van der Waals surface area contributed by atoms with E-state index < -0.39 is 0 Å². The van der Waals surface area contributed by atoms with Crippen LogP contribution in [0.3, 0.4) is 0 Å². The van der Waals surface area contributed by atoms with Crippen LogP contribution in [-0.4, -0.2) is 26.1 Å². The lowest BCUT2D eigenvalue weighted by molar-refractivity contribution is 0.315. The molecule has 1 N–H and O–H groups in total. The van der Waals surface area contributed by atoms with Gasteiger partial charge in [0, 0.05) is 31.2 Å². The van der Waals surface area contributed by atoms with Crippen molar-refractivity contribution in [1.29, 1.82) is 0 Å². The third-order valence-corrected chi connectivity index (χ3v) is 4.40. The summed E-state index contributed by atoms with van der Waals surface area (Å²) in [6.07, 6.45) is 3.96. The Balaban J connectivity index is 2.05. The number of pyridine rings is 1. The van der Waals surface area contributed by atoms with E-state index in [0.29, 0.717) is 0 Å². The van der Waals surface area contributed by atoms with E-state index in [0.717, 1.165) is 23.9 Å². The molecule has 0 spiro atoms. The number of hydrogen-bond donors (Lipinski definition) is 1. The summed E-state index contributed by atoms with van der Waals surface area (Å²) in [5.74, 6) is 0. The summed E-state index contributed by atoms with van der Waals surface area (Å²) in [6.45, 7) is 6.14. The van der Waals surface area contributed by atoms with Crippen molar-refractivity contribution in [1.82, 2.24) is 19.8 Å². The molecule has 4 nitrogen and oxygen atoms in total. The number of nitrogens with one attached hydrogen (secondary N) is 1. The molecule has 0 aromatic carbocycles. The van der Waals surface area contributed by atoms with Crippen molar-refractivity contribution < 1.29 is 0 Å². The van der Waals surface area contributed by atoms with Crippen molar-refractivity contribution in [3.63, 3.8) is 0 Å². The highest BCUT2D eigenvalue weighted by molar-refractivity contribution is 7.80. The minimum atomic E-state index is 0.0962. The Morgan fingerprint density at radius 1 is 1.19 bits per heavy atom. The fourth-order valence-electron chi connectivity index (χ4n) is 3.05. The average Bonchev–Trinajstić information content (AvgIpc) is 3.11. The van der Waals surface area contributed by atoms with Crippen LogP contribution in [0, 0.1) is 0 Å². The van der Waals surface area contributed by atoms with Crippen LogP contribution in [0.1, 0.15) is 37.3 Å². The molecule has 3 rings (SSSR count). The molecular formula is C16H20N4S. The quantitative estimate of drug-likeness (QED) is 0.880. The molecule has 2 aromatic rings. The van der Waals surface area contributed by atoms with E-state index in [1.165, 1.54) is 5.69 Å². The molecule has 0 bridgehead atoms. The predicted octanol–water partition coefficient (Wildman–Crippen LogP) is 2.90. The molecule has 1 aliphatic rings. The molecule has 5 heteroatoms. The molecule has 1 fully saturated rings. The van der Waals surface area contributed by atoms with Crippen LogP contribution in [0.4, 0.5) is 0 Å². The predicted molar refractivity (Wildman–Crippen MR) is 87.9 cm³/mol. The van der Waals surface area contributed by atoms with Gasteiger partial charge in [-0.2, -0.15) is 0 Å². The van der Waals surface area contributed by atoms with E-state index >= 15 is 0 Å². The number of hydrogen-bond acceptors (Lipinski definition) is 2. The van der Waals surface area contributed by atoms with E-state index in [4.69, 9.17) is 12.2 Å². The van der Waals surface area contributed by atoms with Crippen molar-refractivity contribution in [3.05, 3.63) is 54.1 Å². The maximum atomic E-state index is 5.52. The van der Waals surface area contributed by atoms with Gasteiger partial charge in [-0.05, 0) is 50.3 Å². The van der Waals surface area contributed by atoms with Crippen LogP contribution in [0.25, 0.3) is 0 Å². The van der Waals surface area contributed by atoms with Crippen molar-refractivity contribution in [2.45, 2.75) is 32.5 Å². The van der Waals surface area contributed by atoms with E-state index in [-0.39, 0.29) is 12.1 Å². The Morgan fingerprint density at radius 3 is 2.71 bits per heavy atom. The monoisotopic (exact) mass is 300 g/mol. The first-order valence-electron chi connectivity index (χ1n) is 7.39. The van der Waals surface area contributed by atoms with Crippen LogP contribution < -0.4 is 5.32 Å². The molecule has 110 valence electrons. The van der Waals surface area contributed by atoms with Gasteiger partial charge >= 0.3 is 0 Å². The average molecular weight is 300 g/mol. The molecule has 2 atom stereocenters. The standard InChI is InChI=1S/C16H20N4S/c1-3-19-11-7-9-13(19)15-14(12-8-5-6-10-17-12)18-16(21)20(15)4-2/h5-11,14-15H,3-4H2,1-2H3,(H,18,21)/t14-,15+/m1/s1. The van der Waals surface area contributed by atoms with Crippen LogP contribution in [0.5, 0.6) is 0 Å². The second kappa shape index (κ2) is 5.85. The van der Waals surface area contributed by atoms with E-state index in [1.54, 1.807) is 0 Å². The molecule has 0 aliphatic carbocycles. The normalized spacial score (nSPS) is 21.6. The van der Waals surface area contributed by atoms with E-state index in [9.17, 15) is 0 Å². The van der Waals surface area contributed by atoms with Gasteiger partial charge in [0.15, 0.2) is 5.11 Å². The number of thiocarbonyl (C=S) groups is 1. The smallest absolute Gasteiger partial charge is 0.170 e. The van der Waals surface area contributed by atoms with Gasteiger partial charge in [0.2, 0.25) is 0 Å². The number of likely N-dealkylation sites (N-methyl/N-ethyl adjacent to an activating group) is 1. The van der Waals surface area contributed by atoms with Gasteiger partial charge in [0.1, 0.15) is 0 Å². The Morgan fingerprint density at radius 2 is 2.05 bits per heavy atom. The fraction of sp³-hybridized carbons (Fsp3) is 0.375. The zero-order valence-corrected chi connectivity index (χ0v) is 13.2. The second-order valence-corrected chi connectivity index (χ2v) is 5.52. The van der Waals surface area contributed by atoms with Crippen LogP contribution in [0.2, 0.25) is 0 Å². The number of aromatic nitrogens is 2. The summed E-state index contributed by atoms with van der Waals surface area (Å²) in [5, 5.41) is 4.25. The second-order valence-electron chi connectivity index (χ2n) is 5.13. The zero-order valence-electron chi connectivity index (χ0n) is 12.4. The van der Waals surface area contributed by atoms with Crippen molar-refractivity contribution >= 4 is 17.3 Å². The topological polar surface area (TPSA) is 33.1 Å². The summed E-state index contributed by atoms with van der Waals surface area (Å²) < 4.78 is 2.28. The molecule has 0 saturated carbocycles. The number of nitrogens with zero attached hydrogens (tertiary/aromatic N) is 3. The lowest BCUT2D eigenvalue weighted by Gasteiger charge is -2.27. The molecule has 1 aliphatic heterocycles. The molecule has 0 unspecified atom stereocenters. The highest BCUT2D eigenvalue weighted by atomic mass is 32.1. The Labute approximate surface area is 130 Å². The maximum Gasteiger partial charge on any atom is 0.170 e. The lowest BCUT2D eigenvalue weighted by Crippen LogP contribution is -2.30. The van der Waals surface area contributed by atoms with Gasteiger partial charge in [-0.25, -0.2) is 0 Å². The largest absolute Gasteiger partial charge is 0.352 e. The van der Waals surface area contributed by atoms with Gasteiger partial charge in [-0.3, -0.25) is 4.98 Å². The molecule has 21 heavy (non-hydrogen) atoms. The maximum absolute atomic E-state index is 5.52. The van der Waals surface area contributed by atoms with E-state index in [1.807, 2.05) is 18.3 Å². The van der Waals surface area contributed by atoms with Gasteiger partial charge in [-0.1, -0.05) is 6.07 Å². The van der Waals surface area contributed by atoms with Crippen LogP contribution in [0.15, 0.2) is 42.7 Å². The van der Waals surface area contributed by atoms with Crippen molar-refractivity contribution in [2.75, 3.05) is 6.54 Å². The summed E-state index contributed by atoms with van der Waals surface area (Å²) in [6, 6.07) is 10.6. The lowest BCUT2D eigenvalue weighted by atomic mass is 10.0. The summed E-state index contributed by atoms with van der Waals surface area (Å²) in [4.78, 5) is 6.77. The Hall–Kier alpha value is -1.88. The molecule has 0 radical (unpaired) electrons. The first kappa shape index (κ1) is 14.1. The summed E-state index contributed by atoms with van der Waals surface area (Å²) in [7, 11) is 0. The summed E-state index contributed by atoms with van der Waals surface area (Å²) in [5.41, 5.74) is 2.31. The SMILES string of the molecule is CCN1C(=S)N[C@H](c2ccccn2)[C@@H]1c1cccn1CC. The van der Waals surface area contributed by atoms with Crippen LogP contribution >= 0.6 is 12.2 Å². The third kappa shape index (κ3) is 2.42. The van der Waals surface area contributed by atoms with Gasteiger partial charge in [0.25, 0.3) is 0 Å². The number of aryl methyl sites for hydroxylation is 1.